The van der Waals surface area contributed by atoms with Crippen LogP contribution in [-0.2, 0) is 7.05 Å². The predicted molar refractivity (Wildman–Crippen MR) is 94.5 cm³/mol. The van der Waals surface area contributed by atoms with Crippen LogP contribution in [-0.4, -0.2) is 16.4 Å². The van der Waals surface area contributed by atoms with Crippen LogP contribution in [0.25, 0.3) is 22.5 Å². The number of aromatic nitrogens is 2. The Hall–Kier alpha value is -2.55. The molecule has 3 rings (SSSR count). The lowest BCUT2D eigenvalue weighted by Gasteiger charge is -2.09. The normalized spacial score (nSPS) is 10.7. The molecule has 0 saturated heterocycles. The number of hydrogen-bond donors (Lipinski definition) is 0. The fourth-order valence-corrected chi connectivity index (χ4v) is 2.66. The zero-order valence-corrected chi connectivity index (χ0v) is 13.7. The molecule has 0 fully saturated rings. The van der Waals surface area contributed by atoms with Gasteiger partial charge in [-0.25, -0.2) is 0 Å². The molecule has 0 aliphatic carbocycles. The number of aryl methyl sites for hydroxylation is 1. The van der Waals surface area contributed by atoms with Gasteiger partial charge < -0.3 is 4.74 Å². The van der Waals surface area contributed by atoms with Crippen LogP contribution in [0.15, 0.2) is 60.7 Å². The molecule has 0 atom stereocenters. The maximum atomic E-state index is 6.16. The van der Waals surface area contributed by atoms with Crippen LogP contribution >= 0.6 is 0 Å². The topological polar surface area (TPSA) is 27.1 Å². The molecular formula is C20H22N2O. The molecule has 0 spiro atoms. The van der Waals surface area contributed by atoms with E-state index in [0.717, 1.165) is 41.1 Å². The first kappa shape index (κ1) is 15.3. The van der Waals surface area contributed by atoms with Crippen LogP contribution in [0.2, 0.25) is 0 Å². The highest BCUT2D eigenvalue weighted by Gasteiger charge is 2.20. The summed E-state index contributed by atoms with van der Waals surface area (Å²) in [6.45, 7) is 2.88. The van der Waals surface area contributed by atoms with Crippen molar-refractivity contribution >= 4 is 0 Å². The summed E-state index contributed by atoms with van der Waals surface area (Å²) in [5, 5.41) is 4.73. The van der Waals surface area contributed by atoms with E-state index in [1.165, 1.54) is 0 Å². The lowest BCUT2D eigenvalue weighted by atomic mass is 10.1. The Morgan fingerprint density at radius 2 is 1.52 bits per heavy atom. The number of unbranched alkanes of at least 4 members (excludes halogenated alkanes) is 1. The molecule has 1 heterocycles. The third-order valence-corrected chi connectivity index (χ3v) is 3.84. The third kappa shape index (κ3) is 3.29. The van der Waals surface area contributed by atoms with Crippen molar-refractivity contribution in [3.8, 4) is 28.3 Å². The molecule has 0 radical (unpaired) electrons. The minimum absolute atomic E-state index is 0.710. The van der Waals surface area contributed by atoms with Crippen molar-refractivity contribution < 1.29 is 4.74 Å². The number of hydrogen-bond acceptors (Lipinski definition) is 2. The maximum absolute atomic E-state index is 6.16. The monoisotopic (exact) mass is 306 g/mol. The maximum Gasteiger partial charge on any atom is 0.173 e. The zero-order chi connectivity index (χ0) is 16.1. The molecule has 118 valence electrons. The average Bonchev–Trinajstić information content (AvgIpc) is 2.93. The van der Waals surface area contributed by atoms with Gasteiger partial charge in [0.15, 0.2) is 5.75 Å². The zero-order valence-electron chi connectivity index (χ0n) is 13.7. The third-order valence-electron chi connectivity index (χ3n) is 3.84. The SMILES string of the molecule is CCCCOc1c(-c2ccccc2)nn(C)c1-c1ccccc1. The summed E-state index contributed by atoms with van der Waals surface area (Å²) in [6.07, 6.45) is 2.15. The Morgan fingerprint density at radius 3 is 2.13 bits per heavy atom. The van der Waals surface area contributed by atoms with Gasteiger partial charge in [-0.2, -0.15) is 5.10 Å². The Bertz CT molecular complexity index is 748. The van der Waals surface area contributed by atoms with Crippen LogP contribution < -0.4 is 4.74 Å². The first-order valence-electron chi connectivity index (χ1n) is 8.12. The Balaban J connectivity index is 2.10. The van der Waals surface area contributed by atoms with Gasteiger partial charge in [0, 0.05) is 18.2 Å². The van der Waals surface area contributed by atoms with E-state index in [-0.39, 0.29) is 0 Å². The van der Waals surface area contributed by atoms with Crippen molar-refractivity contribution in [2.24, 2.45) is 7.05 Å². The largest absolute Gasteiger partial charge is 0.489 e. The molecule has 0 bridgehead atoms. The van der Waals surface area contributed by atoms with Crippen LogP contribution in [0.4, 0.5) is 0 Å². The molecule has 0 unspecified atom stereocenters. The van der Waals surface area contributed by atoms with Gasteiger partial charge in [-0.15, -0.1) is 0 Å². The average molecular weight is 306 g/mol. The van der Waals surface area contributed by atoms with Crippen molar-refractivity contribution in [1.82, 2.24) is 9.78 Å². The van der Waals surface area contributed by atoms with Crippen molar-refractivity contribution in [3.63, 3.8) is 0 Å². The van der Waals surface area contributed by atoms with Crippen LogP contribution in [0, 0.1) is 0 Å². The predicted octanol–water partition coefficient (Wildman–Crippen LogP) is 4.93. The molecule has 0 N–H and O–H groups in total. The number of nitrogens with zero attached hydrogens (tertiary/aromatic N) is 2. The van der Waals surface area contributed by atoms with Crippen molar-refractivity contribution in [2.75, 3.05) is 6.61 Å². The second-order valence-electron chi connectivity index (χ2n) is 5.58. The van der Waals surface area contributed by atoms with Crippen LogP contribution in [0.5, 0.6) is 5.75 Å². The van der Waals surface area contributed by atoms with E-state index in [9.17, 15) is 0 Å². The van der Waals surface area contributed by atoms with Gasteiger partial charge in [0.05, 0.1) is 6.61 Å². The van der Waals surface area contributed by atoms with E-state index in [1.807, 2.05) is 48.1 Å². The van der Waals surface area contributed by atoms with Crippen LogP contribution in [0.3, 0.4) is 0 Å². The molecule has 0 aliphatic rings. The molecule has 3 aromatic rings. The molecule has 0 aliphatic heterocycles. The summed E-state index contributed by atoms with van der Waals surface area (Å²) in [4.78, 5) is 0. The summed E-state index contributed by atoms with van der Waals surface area (Å²) in [5.41, 5.74) is 4.14. The number of ether oxygens (including phenoxy) is 1. The molecule has 2 aromatic carbocycles. The first-order valence-corrected chi connectivity index (χ1v) is 8.12. The molecule has 3 nitrogen and oxygen atoms in total. The summed E-state index contributed by atoms with van der Waals surface area (Å²) in [7, 11) is 1.97. The van der Waals surface area contributed by atoms with Gasteiger partial charge >= 0.3 is 0 Å². The summed E-state index contributed by atoms with van der Waals surface area (Å²) in [6, 6.07) is 20.5. The van der Waals surface area contributed by atoms with E-state index in [0.29, 0.717) is 6.61 Å². The highest BCUT2D eigenvalue weighted by molar-refractivity contribution is 5.78. The summed E-state index contributed by atoms with van der Waals surface area (Å²) < 4.78 is 8.07. The van der Waals surface area contributed by atoms with Gasteiger partial charge in [-0.05, 0) is 6.42 Å². The summed E-state index contributed by atoms with van der Waals surface area (Å²) >= 11 is 0. The smallest absolute Gasteiger partial charge is 0.173 e. The van der Waals surface area contributed by atoms with Gasteiger partial charge in [-0.3, -0.25) is 4.68 Å². The minimum Gasteiger partial charge on any atom is -0.489 e. The van der Waals surface area contributed by atoms with Crippen molar-refractivity contribution in [1.29, 1.82) is 0 Å². The molecule has 0 saturated carbocycles. The summed E-state index contributed by atoms with van der Waals surface area (Å²) in [5.74, 6) is 0.873. The van der Waals surface area contributed by atoms with E-state index in [1.54, 1.807) is 0 Å². The van der Waals surface area contributed by atoms with Gasteiger partial charge in [0.1, 0.15) is 11.4 Å². The fraction of sp³-hybridized carbons (Fsp3) is 0.250. The molecule has 3 heteroatoms. The quantitative estimate of drug-likeness (QED) is 0.604. The number of rotatable bonds is 6. The fourth-order valence-electron chi connectivity index (χ4n) is 2.66. The lowest BCUT2D eigenvalue weighted by Crippen LogP contribution is -1.99. The van der Waals surface area contributed by atoms with Gasteiger partial charge in [-0.1, -0.05) is 74.0 Å². The first-order chi connectivity index (χ1) is 11.3. The van der Waals surface area contributed by atoms with Crippen molar-refractivity contribution in [3.05, 3.63) is 60.7 Å². The second-order valence-corrected chi connectivity index (χ2v) is 5.58. The Labute approximate surface area is 137 Å². The van der Waals surface area contributed by atoms with E-state index >= 15 is 0 Å². The molecular weight excluding hydrogens is 284 g/mol. The Kier molecular flexibility index (Phi) is 4.77. The Morgan fingerprint density at radius 1 is 0.913 bits per heavy atom. The van der Waals surface area contributed by atoms with Crippen LogP contribution in [0.1, 0.15) is 19.8 Å². The van der Waals surface area contributed by atoms with Gasteiger partial charge in [0.2, 0.25) is 0 Å². The van der Waals surface area contributed by atoms with Crippen molar-refractivity contribution in [2.45, 2.75) is 19.8 Å². The second kappa shape index (κ2) is 7.14. The molecule has 23 heavy (non-hydrogen) atoms. The highest BCUT2D eigenvalue weighted by Crippen LogP contribution is 2.38. The van der Waals surface area contributed by atoms with E-state index in [4.69, 9.17) is 9.84 Å². The highest BCUT2D eigenvalue weighted by atomic mass is 16.5. The van der Waals surface area contributed by atoms with E-state index < -0.39 is 0 Å². The molecule has 1 aromatic heterocycles. The van der Waals surface area contributed by atoms with E-state index in [2.05, 4.69) is 31.2 Å². The standard InChI is InChI=1S/C20H22N2O/c1-3-4-15-23-20-18(16-11-7-5-8-12-16)21-22(2)19(20)17-13-9-6-10-14-17/h5-14H,3-4,15H2,1-2H3. The minimum atomic E-state index is 0.710. The van der Waals surface area contributed by atoms with Gasteiger partial charge in [0.25, 0.3) is 0 Å². The number of benzene rings is 2. The lowest BCUT2D eigenvalue weighted by molar-refractivity contribution is 0.311. The molecule has 0 amide bonds.